The first-order valence-corrected chi connectivity index (χ1v) is 7.87. The first-order chi connectivity index (χ1) is 10.6. The molecule has 1 aromatic heterocycles. The largest absolute Gasteiger partial charge is 0.370 e. The quantitative estimate of drug-likeness (QED) is 0.912. The Morgan fingerprint density at radius 2 is 2.23 bits per heavy atom. The second kappa shape index (κ2) is 6.48. The lowest BCUT2D eigenvalue weighted by atomic mass is 10.0. The predicted molar refractivity (Wildman–Crippen MR) is 86.5 cm³/mol. The highest BCUT2D eigenvalue weighted by Crippen LogP contribution is 2.24. The van der Waals surface area contributed by atoms with Gasteiger partial charge in [0.2, 0.25) is 0 Å². The van der Waals surface area contributed by atoms with E-state index in [0.29, 0.717) is 6.04 Å². The van der Waals surface area contributed by atoms with Gasteiger partial charge in [0.15, 0.2) is 0 Å². The summed E-state index contributed by atoms with van der Waals surface area (Å²) >= 11 is 0. The van der Waals surface area contributed by atoms with Crippen molar-refractivity contribution >= 4 is 5.69 Å². The standard InChI is InChI=1S/C17H23FN4/c1-12-8-14(18)5-6-17(12)22-7-3-4-15(11-22)19-10-16-13(2)9-20-21-16/h5-6,8-9,15,19H,3-4,7,10-11H2,1-2H3,(H,20,21). The molecule has 5 heteroatoms. The van der Waals surface area contributed by atoms with Gasteiger partial charge in [-0.15, -0.1) is 0 Å². The molecule has 2 heterocycles. The summed E-state index contributed by atoms with van der Waals surface area (Å²) in [5.41, 5.74) is 4.49. The third-order valence-corrected chi connectivity index (χ3v) is 4.42. The molecular weight excluding hydrogens is 279 g/mol. The molecule has 0 radical (unpaired) electrons. The van der Waals surface area contributed by atoms with E-state index >= 15 is 0 Å². The van der Waals surface area contributed by atoms with Gasteiger partial charge < -0.3 is 10.2 Å². The highest BCUT2D eigenvalue weighted by molar-refractivity contribution is 5.53. The highest BCUT2D eigenvalue weighted by atomic mass is 19.1. The Morgan fingerprint density at radius 3 is 2.95 bits per heavy atom. The normalized spacial score (nSPS) is 18.7. The minimum absolute atomic E-state index is 0.164. The van der Waals surface area contributed by atoms with Gasteiger partial charge in [0.05, 0.1) is 11.9 Å². The van der Waals surface area contributed by atoms with Crippen LogP contribution in [0.1, 0.15) is 29.7 Å². The second-order valence-corrected chi connectivity index (χ2v) is 6.13. The van der Waals surface area contributed by atoms with E-state index in [4.69, 9.17) is 0 Å². The molecule has 1 unspecified atom stereocenters. The van der Waals surface area contributed by atoms with E-state index in [1.807, 2.05) is 19.2 Å². The maximum atomic E-state index is 13.3. The van der Waals surface area contributed by atoms with E-state index in [1.54, 1.807) is 12.1 Å². The third-order valence-electron chi connectivity index (χ3n) is 4.42. The van der Waals surface area contributed by atoms with E-state index in [9.17, 15) is 4.39 Å². The average molecular weight is 302 g/mol. The molecule has 1 saturated heterocycles. The number of benzene rings is 1. The molecule has 4 nitrogen and oxygen atoms in total. The number of piperidine rings is 1. The topological polar surface area (TPSA) is 44.0 Å². The average Bonchev–Trinajstić information content (AvgIpc) is 2.91. The lowest BCUT2D eigenvalue weighted by molar-refractivity contribution is 0.419. The molecule has 1 atom stereocenters. The van der Waals surface area contributed by atoms with Crippen LogP contribution in [-0.4, -0.2) is 29.3 Å². The maximum Gasteiger partial charge on any atom is 0.123 e. The molecular formula is C17H23FN4. The lowest BCUT2D eigenvalue weighted by Crippen LogP contribution is -2.45. The fourth-order valence-electron chi connectivity index (χ4n) is 3.13. The van der Waals surface area contributed by atoms with Crippen molar-refractivity contribution in [2.24, 2.45) is 0 Å². The predicted octanol–water partition coefficient (Wildman–Crippen LogP) is 2.92. The number of H-pyrrole nitrogens is 1. The zero-order valence-corrected chi connectivity index (χ0v) is 13.2. The van der Waals surface area contributed by atoms with Crippen molar-refractivity contribution in [3.05, 3.63) is 47.0 Å². The summed E-state index contributed by atoms with van der Waals surface area (Å²) in [6.07, 6.45) is 4.17. The SMILES string of the molecule is Cc1cc(F)ccc1N1CCCC(NCc2[nH]ncc2C)C1. The van der Waals surface area contributed by atoms with Gasteiger partial charge in [-0.1, -0.05) is 0 Å². The van der Waals surface area contributed by atoms with Crippen LogP contribution >= 0.6 is 0 Å². The lowest BCUT2D eigenvalue weighted by Gasteiger charge is -2.35. The first-order valence-electron chi connectivity index (χ1n) is 7.87. The summed E-state index contributed by atoms with van der Waals surface area (Å²) in [7, 11) is 0. The molecule has 1 fully saturated rings. The summed E-state index contributed by atoms with van der Waals surface area (Å²) in [5.74, 6) is -0.164. The van der Waals surface area contributed by atoms with E-state index < -0.39 is 0 Å². The molecule has 0 bridgehead atoms. The van der Waals surface area contributed by atoms with Gasteiger partial charge in [-0.2, -0.15) is 5.10 Å². The van der Waals surface area contributed by atoms with Crippen LogP contribution in [0.5, 0.6) is 0 Å². The van der Waals surface area contributed by atoms with E-state index in [2.05, 4.69) is 27.3 Å². The van der Waals surface area contributed by atoms with Gasteiger partial charge in [0, 0.05) is 31.4 Å². The number of aryl methyl sites for hydroxylation is 2. The van der Waals surface area contributed by atoms with Gasteiger partial charge in [-0.3, -0.25) is 5.10 Å². The van der Waals surface area contributed by atoms with Crippen LogP contribution < -0.4 is 10.2 Å². The molecule has 0 spiro atoms. The molecule has 1 aromatic carbocycles. The number of nitrogens with zero attached hydrogens (tertiary/aromatic N) is 2. The molecule has 1 aliphatic heterocycles. The molecule has 0 amide bonds. The minimum atomic E-state index is -0.164. The van der Waals surface area contributed by atoms with E-state index in [0.717, 1.165) is 43.0 Å². The summed E-state index contributed by atoms with van der Waals surface area (Å²) in [6, 6.07) is 5.50. The van der Waals surface area contributed by atoms with Crippen molar-refractivity contribution in [2.75, 3.05) is 18.0 Å². The van der Waals surface area contributed by atoms with E-state index in [1.165, 1.54) is 12.0 Å². The van der Waals surface area contributed by atoms with Crippen LogP contribution in [0.2, 0.25) is 0 Å². The number of halogens is 1. The summed E-state index contributed by atoms with van der Waals surface area (Å²) in [5, 5.41) is 10.7. The highest BCUT2D eigenvalue weighted by Gasteiger charge is 2.21. The van der Waals surface area contributed by atoms with Crippen LogP contribution in [-0.2, 0) is 6.54 Å². The van der Waals surface area contributed by atoms with Crippen molar-refractivity contribution in [3.63, 3.8) is 0 Å². The summed E-state index contributed by atoms with van der Waals surface area (Å²) < 4.78 is 13.3. The first kappa shape index (κ1) is 15.0. The number of aromatic nitrogens is 2. The molecule has 118 valence electrons. The van der Waals surface area contributed by atoms with Crippen LogP contribution in [0.3, 0.4) is 0 Å². The van der Waals surface area contributed by atoms with Crippen molar-refractivity contribution < 1.29 is 4.39 Å². The summed E-state index contributed by atoms with van der Waals surface area (Å²) in [4.78, 5) is 2.36. The van der Waals surface area contributed by atoms with Crippen molar-refractivity contribution in [2.45, 2.75) is 39.3 Å². The fraction of sp³-hybridized carbons (Fsp3) is 0.471. The Kier molecular flexibility index (Phi) is 4.43. The van der Waals surface area contributed by atoms with Gasteiger partial charge >= 0.3 is 0 Å². The Balaban J connectivity index is 1.63. The van der Waals surface area contributed by atoms with Crippen LogP contribution in [0.4, 0.5) is 10.1 Å². The maximum absolute atomic E-state index is 13.3. The van der Waals surface area contributed by atoms with Gasteiger partial charge in [-0.05, 0) is 56.0 Å². The number of aromatic amines is 1. The van der Waals surface area contributed by atoms with Gasteiger partial charge in [0.1, 0.15) is 5.82 Å². The number of hydrogen-bond donors (Lipinski definition) is 2. The molecule has 2 aromatic rings. The fourth-order valence-corrected chi connectivity index (χ4v) is 3.13. The van der Waals surface area contributed by atoms with Crippen molar-refractivity contribution in [3.8, 4) is 0 Å². The molecule has 1 aliphatic rings. The second-order valence-electron chi connectivity index (χ2n) is 6.13. The zero-order valence-electron chi connectivity index (χ0n) is 13.2. The molecule has 0 aliphatic carbocycles. The van der Waals surface area contributed by atoms with Crippen LogP contribution in [0.15, 0.2) is 24.4 Å². The molecule has 22 heavy (non-hydrogen) atoms. The Bertz CT molecular complexity index is 637. The zero-order chi connectivity index (χ0) is 15.5. The number of anilines is 1. The smallest absolute Gasteiger partial charge is 0.123 e. The molecule has 3 rings (SSSR count). The minimum Gasteiger partial charge on any atom is -0.370 e. The van der Waals surface area contributed by atoms with Crippen molar-refractivity contribution in [1.82, 2.24) is 15.5 Å². The Labute approximate surface area is 130 Å². The van der Waals surface area contributed by atoms with Crippen LogP contribution in [0, 0.1) is 19.7 Å². The monoisotopic (exact) mass is 302 g/mol. The Morgan fingerprint density at radius 1 is 1.36 bits per heavy atom. The van der Waals surface area contributed by atoms with Crippen molar-refractivity contribution in [1.29, 1.82) is 0 Å². The van der Waals surface area contributed by atoms with Gasteiger partial charge in [-0.25, -0.2) is 4.39 Å². The van der Waals surface area contributed by atoms with Crippen LogP contribution in [0.25, 0.3) is 0 Å². The Hall–Kier alpha value is -1.88. The number of rotatable bonds is 4. The number of hydrogen-bond acceptors (Lipinski definition) is 3. The molecule has 0 saturated carbocycles. The third kappa shape index (κ3) is 3.30. The molecule has 2 N–H and O–H groups in total. The number of nitrogens with one attached hydrogen (secondary N) is 2. The van der Waals surface area contributed by atoms with Gasteiger partial charge in [0.25, 0.3) is 0 Å². The summed E-state index contributed by atoms with van der Waals surface area (Å²) in [6.45, 7) is 6.85. The van der Waals surface area contributed by atoms with E-state index in [-0.39, 0.29) is 5.82 Å².